The van der Waals surface area contributed by atoms with E-state index in [1.54, 1.807) is 20.3 Å². The van der Waals surface area contributed by atoms with Crippen LogP contribution in [0.4, 0.5) is 5.69 Å². The first-order valence-corrected chi connectivity index (χ1v) is 7.61. The topological polar surface area (TPSA) is 43.0 Å². The van der Waals surface area contributed by atoms with Gasteiger partial charge in [0, 0.05) is 51.3 Å². The minimum absolute atomic E-state index is 0. The number of methoxy groups -OCH3 is 2. The summed E-state index contributed by atoms with van der Waals surface area (Å²) in [6.07, 6.45) is 0.920. The Morgan fingerprint density at radius 1 is 1.41 bits per heavy atom. The molecular formula is C15H22Cl2N2O3. The number of hydrogen-bond donors (Lipinski definition) is 1. The third-order valence-corrected chi connectivity index (χ3v) is 4.35. The van der Waals surface area contributed by atoms with Crippen molar-refractivity contribution in [2.75, 3.05) is 45.4 Å². The van der Waals surface area contributed by atoms with E-state index in [1.807, 2.05) is 6.07 Å². The molecule has 0 amide bonds. The molecule has 22 heavy (non-hydrogen) atoms. The standard InChI is InChI=1S/C15H21ClN2O3.ClH/c1-19-9-12-5-10-8-17-3-4-18(10)14-7-11(20-2)6-13(16)15(14)21-12;/h6-7,10,12,17H,3-5,8-9H2,1-2H3;1H/t10-,12+;/m1./s1. The van der Waals surface area contributed by atoms with Crippen LogP contribution in [0.2, 0.25) is 5.02 Å². The molecule has 0 unspecified atom stereocenters. The van der Waals surface area contributed by atoms with Crippen molar-refractivity contribution in [1.29, 1.82) is 0 Å². The molecule has 2 aliphatic rings. The van der Waals surface area contributed by atoms with E-state index in [2.05, 4.69) is 10.2 Å². The van der Waals surface area contributed by atoms with Gasteiger partial charge in [0.1, 0.15) is 11.9 Å². The first kappa shape index (κ1) is 17.5. The van der Waals surface area contributed by atoms with Crippen LogP contribution in [0.25, 0.3) is 0 Å². The Hall–Kier alpha value is -0.880. The smallest absolute Gasteiger partial charge is 0.162 e. The lowest BCUT2D eigenvalue weighted by atomic mass is 10.1. The molecule has 0 aliphatic carbocycles. The Bertz CT molecular complexity index is 516. The molecule has 0 aromatic heterocycles. The average Bonchev–Trinajstić information content (AvgIpc) is 2.65. The van der Waals surface area contributed by atoms with Gasteiger partial charge in [0.2, 0.25) is 0 Å². The summed E-state index contributed by atoms with van der Waals surface area (Å²) in [7, 11) is 3.35. The molecule has 124 valence electrons. The Kier molecular flexibility index (Phi) is 6.03. The van der Waals surface area contributed by atoms with Crippen LogP contribution in [0, 0.1) is 0 Å². The summed E-state index contributed by atoms with van der Waals surface area (Å²) in [5.74, 6) is 1.49. The summed E-state index contributed by atoms with van der Waals surface area (Å²) in [4.78, 5) is 2.37. The van der Waals surface area contributed by atoms with E-state index in [9.17, 15) is 0 Å². The molecule has 1 N–H and O–H groups in total. The van der Waals surface area contributed by atoms with E-state index < -0.39 is 0 Å². The number of piperazine rings is 1. The highest BCUT2D eigenvalue weighted by Crippen LogP contribution is 2.43. The molecule has 0 saturated carbocycles. The van der Waals surface area contributed by atoms with Crippen molar-refractivity contribution < 1.29 is 14.2 Å². The third kappa shape index (κ3) is 3.38. The van der Waals surface area contributed by atoms with E-state index in [0.717, 1.165) is 43.2 Å². The van der Waals surface area contributed by atoms with Crippen LogP contribution >= 0.6 is 24.0 Å². The Labute approximate surface area is 142 Å². The quantitative estimate of drug-likeness (QED) is 0.908. The van der Waals surface area contributed by atoms with Crippen LogP contribution in [-0.4, -0.2) is 52.6 Å². The van der Waals surface area contributed by atoms with Gasteiger partial charge in [0.15, 0.2) is 5.75 Å². The summed E-state index contributed by atoms with van der Waals surface area (Å²) in [5, 5.41) is 4.03. The summed E-state index contributed by atoms with van der Waals surface area (Å²) < 4.78 is 16.8. The van der Waals surface area contributed by atoms with E-state index >= 15 is 0 Å². The zero-order valence-corrected chi connectivity index (χ0v) is 14.4. The summed E-state index contributed by atoms with van der Waals surface area (Å²) >= 11 is 6.41. The van der Waals surface area contributed by atoms with Gasteiger partial charge in [-0.1, -0.05) is 11.6 Å². The second kappa shape index (κ2) is 7.59. The van der Waals surface area contributed by atoms with Crippen LogP contribution in [0.5, 0.6) is 11.5 Å². The van der Waals surface area contributed by atoms with Crippen LogP contribution in [0.3, 0.4) is 0 Å². The zero-order valence-electron chi connectivity index (χ0n) is 12.8. The Morgan fingerprint density at radius 3 is 2.95 bits per heavy atom. The predicted molar refractivity (Wildman–Crippen MR) is 90.2 cm³/mol. The van der Waals surface area contributed by atoms with Gasteiger partial charge < -0.3 is 24.4 Å². The number of hydrogen-bond acceptors (Lipinski definition) is 5. The number of nitrogens with zero attached hydrogens (tertiary/aromatic N) is 1. The first-order valence-electron chi connectivity index (χ1n) is 7.23. The summed E-state index contributed by atoms with van der Waals surface area (Å²) in [6, 6.07) is 4.19. The van der Waals surface area contributed by atoms with Crippen molar-refractivity contribution in [3.05, 3.63) is 17.2 Å². The van der Waals surface area contributed by atoms with Gasteiger partial charge >= 0.3 is 0 Å². The lowest BCUT2D eigenvalue weighted by Gasteiger charge is -2.37. The van der Waals surface area contributed by atoms with E-state index in [4.69, 9.17) is 25.8 Å². The maximum absolute atomic E-state index is 6.41. The number of ether oxygens (including phenoxy) is 3. The van der Waals surface area contributed by atoms with Gasteiger partial charge in [-0.3, -0.25) is 0 Å². The van der Waals surface area contributed by atoms with Gasteiger partial charge in [0.05, 0.1) is 24.4 Å². The molecule has 1 aromatic carbocycles. The van der Waals surface area contributed by atoms with E-state index in [1.165, 1.54) is 0 Å². The molecule has 2 heterocycles. The van der Waals surface area contributed by atoms with E-state index in [-0.39, 0.29) is 18.5 Å². The highest BCUT2D eigenvalue weighted by atomic mass is 35.5. The highest BCUT2D eigenvalue weighted by molar-refractivity contribution is 6.32. The molecule has 2 aliphatic heterocycles. The van der Waals surface area contributed by atoms with Gasteiger partial charge in [-0.15, -0.1) is 12.4 Å². The summed E-state index contributed by atoms with van der Waals surface area (Å²) in [6.45, 7) is 3.40. The van der Waals surface area contributed by atoms with Crippen molar-refractivity contribution in [2.24, 2.45) is 0 Å². The fourth-order valence-corrected chi connectivity index (χ4v) is 3.35. The highest BCUT2D eigenvalue weighted by Gasteiger charge is 2.33. The normalized spacial score (nSPS) is 23.5. The van der Waals surface area contributed by atoms with Gasteiger partial charge in [-0.2, -0.15) is 0 Å². The molecule has 1 aromatic rings. The lowest BCUT2D eigenvalue weighted by Crippen LogP contribution is -2.52. The largest absolute Gasteiger partial charge is 0.497 e. The third-order valence-electron chi connectivity index (χ3n) is 4.06. The molecule has 1 saturated heterocycles. The fraction of sp³-hybridized carbons (Fsp3) is 0.600. The molecule has 7 heteroatoms. The molecule has 0 spiro atoms. The van der Waals surface area contributed by atoms with Gasteiger partial charge in [0.25, 0.3) is 0 Å². The number of halogens is 2. The predicted octanol–water partition coefficient (Wildman–Crippen LogP) is 2.35. The number of nitrogens with one attached hydrogen (secondary N) is 1. The molecule has 3 rings (SSSR count). The SMILES string of the molecule is COC[C@@H]1C[C@@H]2CNCCN2c2cc(OC)cc(Cl)c2O1.Cl. The lowest BCUT2D eigenvalue weighted by molar-refractivity contribution is 0.0746. The van der Waals surface area contributed by atoms with Crippen molar-refractivity contribution in [3.63, 3.8) is 0 Å². The van der Waals surface area contributed by atoms with Crippen LogP contribution in [0.1, 0.15) is 6.42 Å². The van der Waals surface area contributed by atoms with Crippen molar-refractivity contribution >= 4 is 29.7 Å². The second-order valence-electron chi connectivity index (χ2n) is 5.44. The number of benzene rings is 1. The summed E-state index contributed by atoms with van der Waals surface area (Å²) in [5.41, 5.74) is 1.02. The van der Waals surface area contributed by atoms with Gasteiger partial charge in [-0.25, -0.2) is 0 Å². The minimum Gasteiger partial charge on any atom is -0.497 e. The minimum atomic E-state index is 0. The Balaban J connectivity index is 0.00000176. The van der Waals surface area contributed by atoms with E-state index in [0.29, 0.717) is 17.7 Å². The average molecular weight is 349 g/mol. The fourth-order valence-electron chi connectivity index (χ4n) is 3.10. The number of anilines is 1. The zero-order chi connectivity index (χ0) is 14.8. The number of rotatable bonds is 3. The van der Waals surface area contributed by atoms with Gasteiger partial charge in [-0.05, 0) is 0 Å². The molecular weight excluding hydrogens is 327 g/mol. The molecule has 5 nitrogen and oxygen atoms in total. The maximum Gasteiger partial charge on any atom is 0.162 e. The van der Waals surface area contributed by atoms with Crippen molar-refractivity contribution in [3.8, 4) is 11.5 Å². The monoisotopic (exact) mass is 348 g/mol. The molecule has 0 bridgehead atoms. The van der Waals surface area contributed by atoms with Crippen LogP contribution in [0.15, 0.2) is 12.1 Å². The molecule has 2 atom stereocenters. The van der Waals surface area contributed by atoms with Crippen molar-refractivity contribution in [2.45, 2.75) is 18.6 Å². The van der Waals surface area contributed by atoms with Crippen LogP contribution in [-0.2, 0) is 4.74 Å². The number of fused-ring (bicyclic) bond motifs is 3. The first-order chi connectivity index (χ1) is 10.2. The molecule has 1 fully saturated rings. The Morgan fingerprint density at radius 2 is 2.23 bits per heavy atom. The van der Waals surface area contributed by atoms with Crippen LogP contribution < -0.4 is 19.7 Å². The van der Waals surface area contributed by atoms with Crippen molar-refractivity contribution in [1.82, 2.24) is 5.32 Å². The second-order valence-corrected chi connectivity index (χ2v) is 5.85. The maximum atomic E-state index is 6.41. The molecule has 0 radical (unpaired) electrons.